The average Bonchev–Trinajstić information content (AvgIpc) is 3.05. The van der Waals surface area contributed by atoms with Gasteiger partial charge in [-0.3, -0.25) is 23.4 Å². The lowest BCUT2D eigenvalue weighted by atomic mass is 10.1. The molecule has 0 aromatic carbocycles. The van der Waals surface area contributed by atoms with Gasteiger partial charge < -0.3 is 18.5 Å². The molecule has 0 amide bonds. The summed E-state index contributed by atoms with van der Waals surface area (Å²) in [4.78, 5) is 36.3. The van der Waals surface area contributed by atoms with Gasteiger partial charge in [0.25, 0.3) is 5.56 Å². The Balaban J connectivity index is 2.60. The van der Waals surface area contributed by atoms with Crippen molar-refractivity contribution in [2.24, 2.45) is 0 Å². The normalized spacial score (nSPS) is 24.8. The monoisotopic (exact) mass is 648 g/mol. The molecule has 2 heterocycles. The lowest BCUT2D eigenvalue weighted by Crippen LogP contribution is -2.50. The van der Waals surface area contributed by atoms with Gasteiger partial charge in [0, 0.05) is 12.3 Å². The third kappa shape index (κ3) is 9.08. The molecule has 2 rings (SSSR count). The summed E-state index contributed by atoms with van der Waals surface area (Å²) in [6, 6.07) is 1.19. The maximum Gasteiger partial charge on any atom is 0.472 e. The fraction of sp³-hybridized carbons (Fsp3) is 0.826. The van der Waals surface area contributed by atoms with Crippen LogP contribution in [0, 0.1) is 0 Å². The van der Waals surface area contributed by atoms with Gasteiger partial charge in [-0.05, 0) is 36.3 Å². The van der Waals surface area contributed by atoms with Crippen LogP contribution in [0.15, 0.2) is 21.9 Å². The second kappa shape index (κ2) is 12.5. The molecule has 0 radical (unpaired) electrons. The van der Waals surface area contributed by atoms with Gasteiger partial charge in [-0.1, -0.05) is 41.5 Å². The van der Waals surface area contributed by atoms with E-state index in [0.717, 1.165) is 0 Å². The minimum Gasteiger partial charge on any atom is -0.414 e. The van der Waals surface area contributed by atoms with Gasteiger partial charge in [0.05, 0.1) is 13.2 Å². The molecular weight excluding hydrogens is 606 g/mol. The standard InChI is InChI=1S/C23H43Cl2N2O9PSi2/c1-22(2,3)38(7,8)33-13-15-18(35-37(30,31)32-14-16(24)25)19(36-39(9,10)23(4,5)6)20(34-15)27-12-11-17(28)26-21(27)29/h11-12,15-16,18-20H,13-14H2,1-10H3,(H,30,31)(H,26,28,29)/t15-,18-,19-,20-/m1/s1. The van der Waals surface area contributed by atoms with Crippen LogP contribution in [0.1, 0.15) is 47.8 Å². The number of hydrogen-bond donors (Lipinski definition) is 2. The molecule has 11 nitrogen and oxygen atoms in total. The number of aromatic nitrogens is 2. The van der Waals surface area contributed by atoms with Crippen molar-refractivity contribution in [1.29, 1.82) is 0 Å². The molecular formula is C23H43Cl2N2O9PSi2. The molecule has 226 valence electrons. The van der Waals surface area contributed by atoms with Crippen LogP contribution < -0.4 is 11.2 Å². The first-order valence-corrected chi connectivity index (χ1v) is 20.9. The van der Waals surface area contributed by atoms with E-state index >= 15 is 0 Å². The molecule has 0 spiro atoms. The number of phosphoric ester groups is 1. The number of hydrogen-bond acceptors (Lipinski definition) is 8. The molecule has 1 aliphatic heterocycles. The van der Waals surface area contributed by atoms with E-state index in [4.69, 9.17) is 45.8 Å². The number of phosphoric acid groups is 1. The zero-order valence-corrected chi connectivity index (χ0v) is 28.7. The Bertz CT molecular complexity index is 1150. The van der Waals surface area contributed by atoms with Crippen molar-refractivity contribution in [3.05, 3.63) is 33.1 Å². The van der Waals surface area contributed by atoms with E-state index in [2.05, 4.69) is 38.8 Å². The highest BCUT2D eigenvalue weighted by molar-refractivity contribution is 7.47. The number of halogens is 2. The van der Waals surface area contributed by atoms with Crippen molar-refractivity contribution >= 4 is 47.7 Å². The molecule has 0 bridgehead atoms. The topological polar surface area (TPSA) is 138 Å². The van der Waals surface area contributed by atoms with Crippen molar-refractivity contribution in [2.45, 2.75) is 107 Å². The van der Waals surface area contributed by atoms with Gasteiger partial charge in [-0.25, -0.2) is 9.36 Å². The van der Waals surface area contributed by atoms with Crippen LogP contribution in [-0.2, 0) is 27.2 Å². The highest BCUT2D eigenvalue weighted by Crippen LogP contribution is 2.51. The number of ether oxygens (including phenoxy) is 1. The first kappa shape index (κ1) is 34.9. The third-order valence-electron chi connectivity index (χ3n) is 7.68. The Morgan fingerprint density at radius 1 is 1.08 bits per heavy atom. The number of nitrogens with one attached hydrogen (secondary N) is 1. The summed E-state index contributed by atoms with van der Waals surface area (Å²) < 4.78 is 44.2. The minimum absolute atomic E-state index is 0.000756. The van der Waals surface area contributed by atoms with Gasteiger partial charge in [0.15, 0.2) is 22.9 Å². The van der Waals surface area contributed by atoms with Gasteiger partial charge in [0.2, 0.25) is 0 Å². The van der Waals surface area contributed by atoms with E-state index < -0.39 is 71.7 Å². The van der Waals surface area contributed by atoms with E-state index in [0.29, 0.717) is 0 Å². The summed E-state index contributed by atoms with van der Waals surface area (Å²) in [5.41, 5.74) is -1.30. The Morgan fingerprint density at radius 2 is 1.64 bits per heavy atom. The molecule has 2 N–H and O–H groups in total. The molecule has 0 saturated carbocycles. The first-order chi connectivity index (χ1) is 17.5. The van der Waals surface area contributed by atoms with E-state index in [9.17, 15) is 19.0 Å². The summed E-state index contributed by atoms with van der Waals surface area (Å²) in [5, 5.41) is -0.392. The molecule has 1 aliphatic rings. The summed E-state index contributed by atoms with van der Waals surface area (Å²) in [5.74, 6) is 0. The Kier molecular flexibility index (Phi) is 11.2. The lowest BCUT2D eigenvalue weighted by molar-refractivity contribution is -0.0515. The lowest BCUT2D eigenvalue weighted by Gasteiger charge is -2.41. The van der Waals surface area contributed by atoms with Crippen molar-refractivity contribution in [3.63, 3.8) is 0 Å². The average molecular weight is 650 g/mol. The van der Waals surface area contributed by atoms with Gasteiger partial charge in [0.1, 0.15) is 23.1 Å². The van der Waals surface area contributed by atoms with Crippen molar-refractivity contribution < 1.29 is 32.1 Å². The molecule has 1 saturated heterocycles. The summed E-state index contributed by atoms with van der Waals surface area (Å²) in [6.07, 6.45) is -2.95. The number of H-pyrrole nitrogens is 1. The third-order valence-corrected chi connectivity index (χ3v) is 17.9. The predicted molar refractivity (Wildman–Crippen MR) is 157 cm³/mol. The fourth-order valence-corrected chi connectivity index (χ4v) is 6.87. The largest absolute Gasteiger partial charge is 0.472 e. The van der Waals surface area contributed by atoms with Gasteiger partial charge in [-0.15, -0.1) is 23.2 Å². The Labute approximate surface area is 242 Å². The Morgan fingerprint density at radius 3 is 2.13 bits per heavy atom. The maximum atomic E-state index is 13.0. The molecule has 39 heavy (non-hydrogen) atoms. The highest BCUT2D eigenvalue weighted by Gasteiger charge is 2.54. The predicted octanol–water partition coefficient (Wildman–Crippen LogP) is 5.15. The minimum atomic E-state index is -4.71. The van der Waals surface area contributed by atoms with E-state index in [1.54, 1.807) is 0 Å². The molecule has 0 aliphatic carbocycles. The molecule has 1 fully saturated rings. The molecule has 1 aromatic heterocycles. The number of aromatic amines is 1. The van der Waals surface area contributed by atoms with Crippen molar-refractivity contribution in [2.75, 3.05) is 13.2 Å². The van der Waals surface area contributed by atoms with E-state index in [1.165, 1.54) is 16.8 Å². The fourth-order valence-electron chi connectivity index (χ4n) is 3.31. The summed E-state index contributed by atoms with van der Waals surface area (Å²) >= 11 is 11.4. The van der Waals surface area contributed by atoms with Crippen LogP contribution in [0.5, 0.6) is 0 Å². The molecule has 16 heteroatoms. The van der Waals surface area contributed by atoms with Gasteiger partial charge >= 0.3 is 13.5 Å². The quantitative estimate of drug-likeness (QED) is 0.189. The SMILES string of the molecule is CC(C)(C)[Si](C)(C)OC[C@H]1O[C@@H](n2ccc(=O)[nH]c2=O)[C@H](O[Si](C)(C)C(C)(C)C)[C@@H]1OP(=O)(O)OCC(Cl)Cl. The van der Waals surface area contributed by atoms with E-state index in [1.807, 2.05) is 33.9 Å². The molecule has 1 aromatic rings. The summed E-state index contributed by atoms with van der Waals surface area (Å²) in [6.45, 7) is 20.0. The zero-order valence-electron chi connectivity index (χ0n) is 24.3. The molecule has 1 unspecified atom stereocenters. The van der Waals surface area contributed by atoms with Crippen LogP contribution in [-0.4, -0.2) is 67.4 Å². The number of nitrogens with zero attached hydrogens (tertiary/aromatic N) is 1. The van der Waals surface area contributed by atoms with Crippen LogP contribution in [0.4, 0.5) is 0 Å². The smallest absolute Gasteiger partial charge is 0.414 e. The van der Waals surface area contributed by atoms with Gasteiger partial charge in [-0.2, -0.15) is 0 Å². The number of alkyl halides is 2. The maximum absolute atomic E-state index is 13.0. The van der Waals surface area contributed by atoms with E-state index in [-0.39, 0.29) is 16.7 Å². The van der Waals surface area contributed by atoms with Crippen molar-refractivity contribution in [1.82, 2.24) is 9.55 Å². The van der Waals surface area contributed by atoms with Crippen molar-refractivity contribution in [3.8, 4) is 0 Å². The van der Waals surface area contributed by atoms with Crippen LogP contribution >= 0.6 is 31.0 Å². The molecule has 5 atom stereocenters. The first-order valence-electron chi connectivity index (χ1n) is 12.7. The van der Waals surface area contributed by atoms with Crippen LogP contribution in [0.2, 0.25) is 36.3 Å². The zero-order chi connectivity index (χ0) is 30.2. The second-order valence-corrected chi connectivity index (χ2v) is 25.0. The Hall–Kier alpha value is -0.316. The van der Waals surface area contributed by atoms with Crippen LogP contribution in [0.25, 0.3) is 0 Å². The summed E-state index contributed by atoms with van der Waals surface area (Å²) in [7, 11) is -9.58. The number of rotatable bonds is 11. The van der Waals surface area contributed by atoms with Crippen LogP contribution in [0.3, 0.4) is 0 Å². The second-order valence-electron chi connectivity index (χ2n) is 12.7. The highest BCUT2D eigenvalue weighted by atomic mass is 35.5.